The summed E-state index contributed by atoms with van der Waals surface area (Å²) in [6.45, 7) is 12.4. The molecule has 0 bridgehead atoms. The monoisotopic (exact) mass is 445 g/mol. The molecule has 2 aromatic rings. The van der Waals surface area contributed by atoms with Gasteiger partial charge in [-0.15, -0.1) is 0 Å². The molecule has 0 unspecified atom stereocenters. The number of benzene rings is 2. The largest absolute Gasteiger partial charge is 0.494 e. The van der Waals surface area contributed by atoms with E-state index in [0.29, 0.717) is 30.2 Å². The summed E-state index contributed by atoms with van der Waals surface area (Å²) < 4.78 is 5.64. The van der Waals surface area contributed by atoms with Crippen molar-refractivity contribution in [2.45, 2.75) is 46.5 Å². The molecule has 2 aromatic carbocycles. The topological polar surface area (TPSA) is 67.9 Å². The molecule has 5 heteroatoms. The Morgan fingerprint density at radius 1 is 1.03 bits per heavy atom. The summed E-state index contributed by atoms with van der Waals surface area (Å²) in [6, 6.07) is 14.2. The van der Waals surface area contributed by atoms with Crippen molar-refractivity contribution < 1.29 is 9.53 Å². The Labute approximate surface area is 197 Å². The van der Waals surface area contributed by atoms with Gasteiger partial charge < -0.3 is 15.4 Å². The second-order valence-corrected chi connectivity index (χ2v) is 8.36. The average molecular weight is 446 g/mol. The first-order valence-electron chi connectivity index (χ1n) is 11.9. The molecule has 0 aromatic heterocycles. The molecule has 0 atom stereocenters. The average Bonchev–Trinajstić information content (AvgIpc) is 2.99. The van der Waals surface area contributed by atoms with Crippen LogP contribution in [0.2, 0.25) is 0 Å². The zero-order chi connectivity index (χ0) is 23.8. The number of nitrogens with two attached hydrogens (primary N) is 1. The number of ether oxygens (including phenoxy) is 1. The van der Waals surface area contributed by atoms with Crippen molar-refractivity contribution in [3.63, 3.8) is 0 Å². The van der Waals surface area contributed by atoms with Crippen LogP contribution in [0.3, 0.4) is 0 Å². The molecule has 174 valence electrons. The minimum absolute atomic E-state index is 0.0508. The van der Waals surface area contributed by atoms with Gasteiger partial charge in [-0.25, -0.2) is 4.99 Å². The van der Waals surface area contributed by atoms with E-state index in [2.05, 4.69) is 50.5 Å². The van der Waals surface area contributed by atoms with Gasteiger partial charge in [-0.1, -0.05) is 63.7 Å². The number of nitrogens with zero attached hydrogens (tertiary/aromatic N) is 2. The number of amides is 1. The highest BCUT2D eigenvalue weighted by Gasteiger charge is 2.21. The maximum absolute atomic E-state index is 13.2. The molecule has 0 radical (unpaired) electrons. The molecule has 0 spiro atoms. The molecule has 1 heterocycles. The van der Waals surface area contributed by atoms with E-state index in [4.69, 9.17) is 10.5 Å². The smallest absolute Gasteiger partial charge is 0.250 e. The van der Waals surface area contributed by atoms with E-state index in [1.807, 2.05) is 35.2 Å². The van der Waals surface area contributed by atoms with Crippen LogP contribution >= 0.6 is 0 Å². The summed E-state index contributed by atoms with van der Waals surface area (Å²) in [5.41, 5.74) is 11.7. The van der Waals surface area contributed by atoms with Crippen molar-refractivity contribution >= 4 is 29.3 Å². The van der Waals surface area contributed by atoms with Crippen LogP contribution in [0.5, 0.6) is 0 Å². The van der Waals surface area contributed by atoms with Crippen LogP contribution in [-0.4, -0.2) is 36.3 Å². The van der Waals surface area contributed by atoms with Crippen molar-refractivity contribution in [1.29, 1.82) is 0 Å². The lowest BCUT2D eigenvalue weighted by molar-refractivity contribution is -0.127. The predicted molar refractivity (Wildman–Crippen MR) is 138 cm³/mol. The van der Waals surface area contributed by atoms with Gasteiger partial charge in [0.25, 0.3) is 0 Å². The van der Waals surface area contributed by atoms with E-state index in [-0.39, 0.29) is 5.91 Å². The summed E-state index contributed by atoms with van der Waals surface area (Å²) in [6.07, 6.45) is 5.12. The lowest BCUT2D eigenvalue weighted by atomic mass is 9.99. The van der Waals surface area contributed by atoms with Gasteiger partial charge in [0.2, 0.25) is 5.91 Å². The Kier molecular flexibility index (Phi) is 8.47. The highest BCUT2D eigenvalue weighted by atomic mass is 16.5. The molecular weight excluding hydrogens is 410 g/mol. The van der Waals surface area contributed by atoms with Crippen molar-refractivity contribution in [3.05, 3.63) is 65.7 Å². The van der Waals surface area contributed by atoms with Gasteiger partial charge in [0, 0.05) is 36.2 Å². The van der Waals surface area contributed by atoms with Crippen LogP contribution in [0, 0.1) is 0 Å². The number of carbonyl (C=O) groups is 1. The lowest BCUT2D eigenvalue weighted by Crippen LogP contribution is -2.34. The third kappa shape index (κ3) is 6.13. The molecule has 1 amide bonds. The molecule has 0 fully saturated rings. The van der Waals surface area contributed by atoms with Gasteiger partial charge in [-0.3, -0.25) is 4.79 Å². The molecule has 5 nitrogen and oxygen atoms in total. The van der Waals surface area contributed by atoms with Crippen LogP contribution in [-0.2, 0) is 9.53 Å². The molecule has 1 aliphatic heterocycles. The summed E-state index contributed by atoms with van der Waals surface area (Å²) in [5, 5.41) is 0. The highest BCUT2D eigenvalue weighted by molar-refractivity contribution is 6.05. The summed E-state index contributed by atoms with van der Waals surface area (Å²) in [7, 11) is 0. The Morgan fingerprint density at radius 2 is 1.70 bits per heavy atom. The van der Waals surface area contributed by atoms with Crippen LogP contribution in [0.15, 0.2) is 59.6 Å². The van der Waals surface area contributed by atoms with Crippen LogP contribution in [0.1, 0.15) is 57.6 Å². The van der Waals surface area contributed by atoms with Crippen LogP contribution in [0.4, 0.5) is 5.69 Å². The molecule has 3 rings (SSSR count). The number of amidine groups is 1. The number of fused-ring (bicyclic) bond motifs is 1. The van der Waals surface area contributed by atoms with E-state index in [1.54, 1.807) is 0 Å². The van der Waals surface area contributed by atoms with Crippen molar-refractivity contribution in [3.8, 4) is 11.1 Å². The Morgan fingerprint density at radius 3 is 2.33 bits per heavy atom. The fourth-order valence-corrected chi connectivity index (χ4v) is 3.92. The summed E-state index contributed by atoms with van der Waals surface area (Å²) >= 11 is 0. The van der Waals surface area contributed by atoms with Crippen LogP contribution in [0.25, 0.3) is 23.0 Å². The minimum atomic E-state index is 0.0508. The van der Waals surface area contributed by atoms with E-state index in [1.165, 1.54) is 0 Å². The fourth-order valence-electron chi connectivity index (χ4n) is 3.92. The first kappa shape index (κ1) is 24.3. The van der Waals surface area contributed by atoms with Crippen molar-refractivity contribution in [1.82, 2.24) is 4.90 Å². The van der Waals surface area contributed by atoms with Gasteiger partial charge in [-0.05, 0) is 42.5 Å². The van der Waals surface area contributed by atoms with Crippen LogP contribution < -0.4 is 5.73 Å². The number of hydrogen-bond acceptors (Lipinski definition) is 4. The Bertz CT molecular complexity index is 1050. The van der Waals surface area contributed by atoms with E-state index in [0.717, 1.165) is 60.3 Å². The normalized spacial score (nSPS) is 12.8. The third-order valence-corrected chi connectivity index (χ3v) is 5.57. The molecule has 33 heavy (non-hydrogen) atoms. The van der Waals surface area contributed by atoms with Gasteiger partial charge in [0.15, 0.2) is 0 Å². The Hall–Kier alpha value is -3.34. The second kappa shape index (κ2) is 11.5. The minimum Gasteiger partial charge on any atom is -0.494 e. The molecule has 0 saturated carbocycles. The molecule has 1 aliphatic rings. The van der Waals surface area contributed by atoms with E-state index >= 15 is 0 Å². The highest BCUT2D eigenvalue weighted by Crippen LogP contribution is 2.32. The Balaban J connectivity index is 1.87. The lowest BCUT2D eigenvalue weighted by Gasteiger charge is -2.22. The zero-order valence-electron chi connectivity index (χ0n) is 20.1. The molecule has 0 saturated heterocycles. The standard InChI is InChI=1S/C28H35N3O2/c1-5-14-31(15-6-2)28(32)25-17-24-13-12-23(18-26(24)30-27(29)19-25)22-10-8-21(9-11-22)20(4)33-16-7-3/h8-13,17-18H,4-7,14-16,19H2,1-3H3,(H2,29,30). The van der Waals surface area contributed by atoms with Gasteiger partial charge in [0.1, 0.15) is 11.6 Å². The van der Waals surface area contributed by atoms with Gasteiger partial charge in [0.05, 0.1) is 12.3 Å². The van der Waals surface area contributed by atoms with Gasteiger partial charge in [-0.2, -0.15) is 0 Å². The van der Waals surface area contributed by atoms with Gasteiger partial charge >= 0.3 is 0 Å². The number of carbonyl (C=O) groups excluding carboxylic acids is 1. The molecule has 0 aliphatic carbocycles. The first-order chi connectivity index (χ1) is 16.0. The third-order valence-electron chi connectivity index (χ3n) is 5.57. The zero-order valence-corrected chi connectivity index (χ0v) is 20.1. The van der Waals surface area contributed by atoms with Crippen molar-refractivity contribution in [2.24, 2.45) is 10.7 Å². The predicted octanol–water partition coefficient (Wildman–Crippen LogP) is 6.18. The van der Waals surface area contributed by atoms with E-state index < -0.39 is 0 Å². The molecular formula is C28H35N3O2. The number of hydrogen-bond donors (Lipinski definition) is 1. The summed E-state index contributed by atoms with van der Waals surface area (Å²) in [4.78, 5) is 19.7. The first-order valence-corrected chi connectivity index (χ1v) is 11.9. The SMILES string of the molecule is C=C(OCCC)c1ccc(-c2ccc3c(c2)N=C(N)CC(C(=O)N(CCC)CCC)=C3)cc1. The number of aliphatic imine (C=N–C) groups is 1. The maximum Gasteiger partial charge on any atom is 0.250 e. The maximum atomic E-state index is 13.2. The van der Waals surface area contributed by atoms with Crippen molar-refractivity contribution in [2.75, 3.05) is 19.7 Å². The summed E-state index contributed by atoms with van der Waals surface area (Å²) in [5.74, 6) is 1.19. The second-order valence-electron chi connectivity index (χ2n) is 8.36. The quantitative estimate of drug-likeness (QED) is 0.444. The van der Waals surface area contributed by atoms with E-state index in [9.17, 15) is 4.79 Å². The molecule has 2 N–H and O–H groups in total. The number of rotatable bonds is 10. The fraction of sp³-hybridized carbons (Fsp3) is 0.357.